The van der Waals surface area contributed by atoms with Gasteiger partial charge in [-0.15, -0.1) is 0 Å². The molecule has 17 heavy (non-hydrogen) atoms. The van der Waals surface area contributed by atoms with Crippen LogP contribution < -0.4 is 10.9 Å². The lowest BCUT2D eigenvalue weighted by Gasteiger charge is -2.21. The molecule has 2 heterocycles. The normalized spacial score (nSPS) is 20.2. The van der Waals surface area contributed by atoms with Crippen LogP contribution in [0.25, 0.3) is 0 Å². The summed E-state index contributed by atoms with van der Waals surface area (Å²) < 4.78 is 1.04. The van der Waals surface area contributed by atoms with Crippen LogP contribution in [0, 0.1) is 6.92 Å². The molecule has 1 N–H and O–H groups in total. The second-order valence-corrected chi connectivity index (χ2v) is 4.26. The van der Waals surface area contributed by atoms with E-state index in [1.54, 1.807) is 6.92 Å². The number of hydrogen-bond donors (Lipinski definition) is 1. The Balaban J connectivity index is 2.44. The molecule has 2 rings (SSSR count). The number of piperidine rings is 1. The van der Waals surface area contributed by atoms with Gasteiger partial charge in [0.1, 0.15) is 11.1 Å². The number of aromatic nitrogens is 2. The van der Waals surface area contributed by atoms with Gasteiger partial charge in [0.15, 0.2) is 0 Å². The van der Waals surface area contributed by atoms with E-state index in [4.69, 9.17) is 11.6 Å². The van der Waals surface area contributed by atoms with Gasteiger partial charge in [0.25, 0.3) is 11.5 Å². The predicted molar refractivity (Wildman–Crippen MR) is 59.7 cm³/mol. The highest BCUT2D eigenvalue weighted by Crippen LogP contribution is 2.16. The van der Waals surface area contributed by atoms with Gasteiger partial charge in [0, 0.05) is 6.42 Å². The Morgan fingerprint density at radius 1 is 1.47 bits per heavy atom. The lowest BCUT2D eigenvalue weighted by Crippen LogP contribution is -2.45. The zero-order valence-corrected chi connectivity index (χ0v) is 9.82. The minimum atomic E-state index is -0.766. The van der Waals surface area contributed by atoms with Gasteiger partial charge >= 0.3 is 0 Å². The van der Waals surface area contributed by atoms with Crippen LogP contribution in [0.15, 0.2) is 10.9 Å². The zero-order valence-electron chi connectivity index (χ0n) is 9.07. The molecule has 0 radical (unpaired) electrons. The standard InChI is InChI=1S/C10H10ClN3O3/c1-5-4-6(11)10(17)14(13-5)7-2-3-8(15)12-9(7)16/h4,7H,2-3H2,1H3,(H,12,15,16). The summed E-state index contributed by atoms with van der Waals surface area (Å²) in [6, 6.07) is 0.671. The molecule has 0 aromatic carbocycles. The monoisotopic (exact) mass is 255 g/mol. The van der Waals surface area contributed by atoms with Gasteiger partial charge in [-0.1, -0.05) is 11.6 Å². The quantitative estimate of drug-likeness (QED) is 0.726. The van der Waals surface area contributed by atoms with Crippen molar-refractivity contribution in [2.24, 2.45) is 0 Å². The van der Waals surface area contributed by atoms with Gasteiger partial charge in [-0.05, 0) is 19.4 Å². The zero-order chi connectivity index (χ0) is 12.6. The number of imide groups is 1. The van der Waals surface area contributed by atoms with Crippen molar-refractivity contribution in [3.8, 4) is 0 Å². The lowest BCUT2D eigenvalue weighted by molar-refractivity contribution is -0.136. The smallest absolute Gasteiger partial charge is 0.286 e. The molecular formula is C10H10ClN3O3. The van der Waals surface area contributed by atoms with Gasteiger partial charge in [-0.25, -0.2) is 4.68 Å². The van der Waals surface area contributed by atoms with Gasteiger partial charge < -0.3 is 0 Å². The van der Waals surface area contributed by atoms with Crippen LogP contribution in [0.5, 0.6) is 0 Å². The average Bonchev–Trinajstić information content (AvgIpc) is 2.24. The summed E-state index contributed by atoms with van der Waals surface area (Å²) in [4.78, 5) is 34.4. The molecule has 0 bridgehead atoms. The SMILES string of the molecule is Cc1cc(Cl)c(=O)n(C2CCC(=O)NC2=O)n1. The maximum absolute atomic E-state index is 11.8. The molecule has 0 spiro atoms. The Labute approximate surface area is 102 Å². The third kappa shape index (κ3) is 2.21. The maximum Gasteiger partial charge on any atom is 0.286 e. The summed E-state index contributed by atoms with van der Waals surface area (Å²) in [6.07, 6.45) is 0.452. The molecule has 2 amide bonds. The number of amides is 2. The Morgan fingerprint density at radius 2 is 2.18 bits per heavy atom. The van der Waals surface area contributed by atoms with Crippen molar-refractivity contribution in [2.45, 2.75) is 25.8 Å². The number of carbonyl (C=O) groups is 2. The van der Waals surface area contributed by atoms with Crippen molar-refractivity contribution in [2.75, 3.05) is 0 Å². The summed E-state index contributed by atoms with van der Waals surface area (Å²) in [7, 11) is 0. The van der Waals surface area contributed by atoms with Crippen LogP contribution in [-0.4, -0.2) is 21.6 Å². The summed E-state index contributed by atoms with van der Waals surface area (Å²) in [6.45, 7) is 1.67. The van der Waals surface area contributed by atoms with Crippen LogP contribution in [0.4, 0.5) is 0 Å². The van der Waals surface area contributed by atoms with E-state index in [9.17, 15) is 14.4 Å². The molecule has 1 aliphatic heterocycles. The van der Waals surface area contributed by atoms with Crippen molar-refractivity contribution in [1.82, 2.24) is 15.1 Å². The molecule has 90 valence electrons. The number of aryl methyl sites for hydroxylation is 1. The molecule has 1 atom stereocenters. The summed E-state index contributed by atoms with van der Waals surface area (Å²) >= 11 is 5.74. The van der Waals surface area contributed by atoms with Crippen LogP contribution in [-0.2, 0) is 9.59 Å². The molecule has 0 aliphatic carbocycles. The molecule has 1 fully saturated rings. The fraction of sp³-hybridized carbons (Fsp3) is 0.400. The maximum atomic E-state index is 11.8. The Kier molecular flexibility index (Phi) is 2.97. The predicted octanol–water partition coefficient (Wildman–Crippen LogP) is 0.183. The number of hydrogen-bond acceptors (Lipinski definition) is 4. The second kappa shape index (κ2) is 4.29. The first kappa shape index (κ1) is 11.8. The van der Waals surface area contributed by atoms with Crippen LogP contribution in [0.2, 0.25) is 5.02 Å². The second-order valence-electron chi connectivity index (χ2n) is 3.85. The number of nitrogens with one attached hydrogen (secondary N) is 1. The highest BCUT2D eigenvalue weighted by atomic mass is 35.5. The van der Waals surface area contributed by atoms with Gasteiger partial charge in [0.2, 0.25) is 5.91 Å². The highest BCUT2D eigenvalue weighted by molar-refractivity contribution is 6.30. The topological polar surface area (TPSA) is 81.1 Å². The molecule has 1 unspecified atom stereocenters. The molecule has 6 nitrogen and oxygen atoms in total. The van der Waals surface area contributed by atoms with E-state index < -0.39 is 17.5 Å². The minimum Gasteiger partial charge on any atom is -0.295 e. The summed E-state index contributed by atoms with van der Waals surface area (Å²) in [5, 5.41) is 6.17. The number of carbonyl (C=O) groups excluding carboxylic acids is 2. The minimum absolute atomic E-state index is 0.0159. The fourth-order valence-electron chi connectivity index (χ4n) is 1.73. The van der Waals surface area contributed by atoms with E-state index in [-0.39, 0.29) is 23.8 Å². The molecule has 7 heteroatoms. The summed E-state index contributed by atoms with van der Waals surface area (Å²) in [5.41, 5.74) is 0.0195. The first-order valence-electron chi connectivity index (χ1n) is 5.08. The first-order valence-corrected chi connectivity index (χ1v) is 5.46. The van der Waals surface area contributed by atoms with Crippen LogP contribution >= 0.6 is 11.6 Å². The van der Waals surface area contributed by atoms with Crippen molar-refractivity contribution in [3.05, 3.63) is 27.1 Å². The Bertz CT molecular complexity index is 552. The van der Waals surface area contributed by atoms with Crippen molar-refractivity contribution in [3.63, 3.8) is 0 Å². The highest BCUT2D eigenvalue weighted by Gasteiger charge is 2.30. The molecule has 1 saturated heterocycles. The Hall–Kier alpha value is -1.69. The van der Waals surface area contributed by atoms with Gasteiger partial charge in [0.05, 0.1) is 5.69 Å². The third-order valence-corrected chi connectivity index (χ3v) is 2.79. The number of nitrogens with zero attached hydrogens (tertiary/aromatic N) is 2. The third-order valence-electron chi connectivity index (χ3n) is 2.52. The van der Waals surface area contributed by atoms with E-state index in [0.29, 0.717) is 5.69 Å². The molecular weight excluding hydrogens is 246 g/mol. The van der Waals surface area contributed by atoms with E-state index >= 15 is 0 Å². The van der Waals surface area contributed by atoms with E-state index in [1.807, 2.05) is 0 Å². The van der Waals surface area contributed by atoms with Crippen LogP contribution in [0.3, 0.4) is 0 Å². The van der Waals surface area contributed by atoms with Gasteiger partial charge in [-0.2, -0.15) is 5.10 Å². The molecule has 1 aromatic heterocycles. The lowest BCUT2D eigenvalue weighted by atomic mass is 10.1. The summed E-state index contributed by atoms with van der Waals surface area (Å²) in [5.74, 6) is -0.851. The van der Waals surface area contributed by atoms with E-state index in [1.165, 1.54) is 6.07 Å². The van der Waals surface area contributed by atoms with Crippen molar-refractivity contribution in [1.29, 1.82) is 0 Å². The van der Waals surface area contributed by atoms with Gasteiger partial charge in [-0.3, -0.25) is 19.7 Å². The molecule has 1 aliphatic rings. The Morgan fingerprint density at radius 3 is 2.82 bits per heavy atom. The largest absolute Gasteiger partial charge is 0.295 e. The fourth-order valence-corrected chi connectivity index (χ4v) is 1.97. The van der Waals surface area contributed by atoms with E-state index in [2.05, 4.69) is 10.4 Å². The number of halogens is 1. The van der Waals surface area contributed by atoms with Crippen molar-refractivity contribution >= 4 is 23.4 Å². The van der Waals surface area contributed by atoms with Crippen molar-refractivity contribution < 1.29 is 9.59 Å². The van der Waals surface area contributed by atoms with Crippen LogP contribution in [0.1, 0.15) is 24.6 Å². The van der Waals surface area contributed by atoms with E-state index in [0.717, 1.165) is 4.68 Å². The molecule has 0 saturated carbocycles. The first-order chi connectivity index (χ1) is 7.99. The number of rotatable bonds is 1. The molecule has 1 aromatic rings. The average molecular weight is 256 g/mol.